The van der Waals surface area contributed by atoms with E-state index in [9.17, 15) is 14.0 Å². The van der Waals surface area contributed by atoms with Crippen molar-refractivity contribution in [2.45, 2.75) is 26.9 Å². The van der Waals surface area contributed by atoms with Crippen LogP contribution in [0.2, 0.25) is 0 Å². The van der Waals surface area contributed by atoms with E-state index >= 15 is 0 Å². The van der Waals surface area contributed by atoms with Crippen LogP contribution in [0.3, 0.4) is 0 Å². The molecule has 1 heterocycles. The molecule has 0 bridgehead atoms. The van der Waals surface area contributed by atoms with Gasteiger partial charge in [-0.25, -0.2) is 4.39 Å². The number of amides is 2. The SMILES string of the molecule is C=CCc1cc(/C=C2/SC(NC(C)=O)=NC2=O)cc(OCC)c1OCc1cccc(F)c1. The van der Waals surface area contributed by atoms with E-state index < -0.39 is 5.91 Å². The van der Waals surface area contributed by atoms with Crippen LogP contribution in [0.25, 0.3) is 6.08 Å². The average Bonchev–Trinajstić information content (AvgIpc) is 3.06. The van der Waals surface area contributed by atoms with Gasteiger partial charge in [-0.15, -0.1) is 6.58 Å². The van der Waals surface area contributed by atoms with Crippen molar-refractivity contribution in [3.63, 3.8) is 0 Å². The summed E-state index contributed by atoms with van der Waals surface area (Å²) in [5, 5.41) is 2.77. The fraction of sp³-hybridized carbons (Fsp3) is 0.208. The van der Waals surface area contributed by atoms with Gasteiger partial charge in [-0.2, -0.15) is 4.99 Å². The van der Waals surface area contributed by atoms with Crippen molar-refractivity contribution < 1.29 is 23.5 Å². The maximum atomic E-state index is 13.5. The summed E-state index contributed by atoms with van der Waals surface area (Å²) in [5.41, 5.74) is 2.23. The van der Waals surface area contributed by atoms with Crippen molar-refractivity contribution in [3.05, 3.63) is 76.5 Å². The third-order valence-corrected chi connectivity index (χ3v) is 5.19. The monoisotopic (exact) mass is 454 g/mol. The van der Waals surface area contributed by atoms with Crippen LogP contribution in [0.15, 0.2) is 59.0 Å². The highest BCUT2D eigenvalue weighted by atomic mass is 32.2. The van der Waals surface area contributed by atoms with Gasteiger partial charge in [0.15, 0.2) is 16.7 Å². The minimum absolute atomic E-state index is 0.171. The van der Waals surface area contributed by atoms with E-state index in [1.807, 2.05) is 13.0 Å². The number of carbonyl (C=O) groups excluding carboxylic acids is 2. The number of hydrogen-bond acceptors (Lipinski definition) is 5. The number of nitrogens with one attached hydrogen (secondary N) is 1. The Kier molecular flexibility index (Phi) is 7.83. The molecule has 0 saturated heterocycles. The lowest BCUT2D eigenvalue weighted by Gasteiger charge is -2.17. The fourth-order valence-electron chi connectivity index (χ4n) is 3.05. The molecule has 8 heteroatoms. The zero-order valence-electron chi connectivity index (χ0n) is 17.8. The molecule has 2 aromatic rings. The number of halogens is 1. The zero-order chi connectivity index (χ0) is 23.1. The lowest BCUT2D eigenvalue weighted by Crippen LogP contribution is -2.23. The Labute approximate surface area is 190 Å². The largest absolute Gasteiger partial charge is 0.490 e. The molecule has 0 spiro atoms. The van der Waals surface area contributed by atoms with Gasteiger partial charge >= 0.3 is 0 Å². The Balaban J connectivity index is 1.91. The number of benzene rings is 2. The van der Waals surface area contributed by atoms with Crippen LogP contribution in [0, 0.1) is 5.82 Å². The molecule has 0 saturated carbocycles. The molecule has 1 aliphatic rings. The molecule has 2 amide bonds. The summed E-state index contributed by atoms with van der Waals surface area (Å²) >= 11 is 1.10. The van der Waals surface area contributed by atoms with Crippen LogP contribution in [0.4, 0.5) is 4.39 Å². The van der Waals surface area contributed by atoms with Gasteiger partial charge in [0, 0.05) is 12.5 Å². The number of nitrogens with zero attached hydrogens (tertiary/aromatic N) is 1. The van der Waals surface area contributed by atoms with Crippen LogP contribution in [0.5, 0.6) is 11.5 Å². The van der Waals surface area contributed by atoms with Gasteiger partial charge in [0.05, 0.1) is 11.5 Å². The van der Waals surface area contributed by atoms with Crippen molar-refractivity contribution >= 4 is 34.8 Å². The maximum absolute atomic E-state index is 13.5. The summed E-state index contributed by atoms with van der Waals surface area (Å²) in [7, 11) is 0. The molecule has 0 radical (unpaired) electrons. The van der Waals surface area contributed by atoms with Crippen molar-refractivity contribution in [1.29, 1.82) is 0 Å². The first-order chi connectivity index (χ1) is 15.4. The van der Waals surface area contributed by atoms with Gasteiger partial charge in [0.25, 0.3) is 5.91 Å². The minimum atomic E-state index is -0.423. The first-order valence-corrected chi connectivity index (χ1v) is 10.8. The number of rotatable bonds is 8. The maximum Gasteiger partial charge on any atom is 0.286 e. The third-order valence-electron chi connectivity index (χ3n) is 4.29. The topological polar surface area (TPSA) is 77.0 Å². The Morgan fingerprint density at radius 1 is 1.28 bits per heavy atom. The lowest BCUT2D eigenvalue weighted by atomic mass is 10.0. The van der Waals surface area contributed by atoms with Crippen molar-refractivity contribution in [2.75, 3.05) is 6.61 Å². The van der Waals surface area contributed by atoms with Crippen LogP contribution in [-0.4, -0.2) is 23.6 Å². The number of allylic oxidation sites excluding steroid dienone is 1. The first-order valence-electron chi connectivity index (χ1n) is 9.97. The summed E-state index contributed by atoms with van der Waals surface area (Å²) in [4.78, 5) is 27.7. The van der Waals surface area contributed by atoms with Gasteiger partial charge in [-0.3, -0.25) is 9.59 Å². The number of carbonyl (C=O) groups is 2. The number of hydrogen-bond donors (Lipinski definition) is 1. The van der Waals surface area contributed by atoms with E-state index in [4.69, 9.17) is 9.47 Å². The van der Waals surface area contributed by atoms with Crippen molar-refractivity contribution in [1.82, 2.24) is 5.32 Å². The van der Waals surface area contributed by atoms with Crippen LogP contribution < -0.4 is 14.8 Å². The highest BCUT2D eigenvalue weighted by Crippen LogP contribution is 2.36. The smallest absolute Gasteiger partial charge is 0.286 e. The molecule has 1 aliphatic heterocycles. The number of aliphatic imine (C=N–C) groups is 1. The predicted octanol–water partition coefficient (Wildman–Crippen LogP) is 4.64. The van der Waals surface area contributed by atoms with E-state index in [-0.39, 0.29) is 23.5 Å². The quantitative estimate of drug-likeness (QED) is 0.465. The Hall–Kier alpha value is -3.39. The third kappa shape index (κ3) is 6.07. The molecule has 0 aromatic heterocycles. The van der Waals surface area contributed by atoms with Gasteiger partial charge in [-0.1, -0.05) is 18.2 Å². The van der Waals surface area contributed by atoms with Gasteiger partial charge in [-0.05, 0) is 66.6 Å². The molecule has 1 N–H and O–H groups in total. The van der Waals surface area contributed by atoms with Crippen LogP contribution in [0.1, 0.15) is 30.5 Å². The molecule has 3 rings (SSSR count). The molecular weight excluding hydrogens is 431 g/mol. The van der Waals surface area contributed by atoms with Crippen molar-refractivity contribution in [2.24, 2.45) is 4.99 Å². The highest BCUT2D eigenvalue weighted by Gasteiger charge is 2.23. The van der Waals surface area contributed by atoms with E-state index in [2.05, 4.69) is 16.9 Å². The van der Waals surface area contributed by atoms with E-state index in [1.54, 1.807) is 30.4 Å². The minimum Gasteiger partial charge on any atom is -0.490 e. The van der Waals surface area contributed by atoms with E-state index in [1.165, 1.54) is 19.1 Å². The second-order valence-electron chi connectivity index (χ2n) is 6.87. The average molecular weight is 455 g/mol. The standard InChI is InChI=1S/C24H23FN2O4S/c1-4-7-18-10-17(13-21-23(29)27-24(32-21)26-15(3)28)12-20(30-5-2)22(18)31-14-16-8-6-9-19(25)11-16/h4,6,8-13H,1,5,7,14H2,2-3H3,(H,26,27,28,29)/b21-13+. The molecular formula is C24H23FN2O4S. The zero-order valence-corrected chi connectivity index (χ0v) is 18.6. The fourth-order valence-corrected chi connectivity index (χ4v) is 3.91. The first kappa shape index (κ1) is 23.3. The van der Waals surface area contributed by atoms with Crippen LogP contribution in [-0.2, 0) is 22.6 Å². The Morgan fingerprint density at radius 2 is 2.09 bits per heavy atom. The second-order valence-corrected chi connectivity index (χ2v) is 7.90. The molecule has 0 atom stereocenters. The molecule has 0 unspecified atom stereocenters. The van der Waals surface area contributed by atoms with Gasteiger partial charge in [0.2, 0.25) is 5.91 Å². The predicted molar refractivity (Wildman–Crippen MR) is 124 cm³/mol. The number of amidine groups is 1. The van der Waals surface area contributed by atoms with E-state index in [0.717, 1.165) is 22.9 Å². The van der Waals surface area contributed by atoms with Crippen LogP contribution >= 0.6 is 11.8 Å². The summed E-state index contributed by atoms with van der Waals surface area (Å²) in [6, 6.07) is 9.86. The molecule has 0 fully saturated rings. The molecule has 32 heavy (non-hydrogen) atoms. The highest BCUT2D eigenvalue weighted by molar-refractivity contribution is 8.18. The molecule has 166 valence electrons. The summed E-state index contributed by atoms with van der Waals surface area (Å²) in [5.74, 6) is 0.00159. The normalized spacial score (nSPS) is 14.3. The molecule has 0 aliphatic carbocycles. The summed E-state index contributed by atoms with van der Waals surface area (Å²) < 4.78 is 25.3. The lowest BCUT2D eigenvalue weighted by molar-refractivity contribution is -0.117. The molecule has 2 aromatic carbocycles. The summed E-state index contributed by atoms with van der Waals surface area (Å²) in [6.45, 7) is 7.60. The summed E-state index contributed by atoms with van der Waals surface area (Å²) in [6.07, 6.45) is 3.94. The van der Waals surface area contributed by atoms with Gasteiger partial charge < -0.3 is 14.8 Å². The Bertz CT molecular complexity index is 1110. The number of thioether (sulfide) groups is 1. The van der Waals surface area contributed by atoms with E-state index in [0.29, 0.717) is 35.0 Å². The Morgan fingerprint density at radius 3 is 2.78 bits per heavy atom. The number of ether oxygens (including phenoxy) is 2. The molecule has 6 nitrogen and oxygen atoms in total. The van der Waals surface area contributed by atoms with Crippen molar-refractivity contribution in [3.8, 4) is 11.5 Å². The second kappa shape index (κ2) is 10.8. The van der Waals surface area contributed by atoms with Gasteiger partial charge in [0.1, 0.15) is 12.4 Å².